The highest BCUT2D eigenvalue weighted by atomic mass is 79.9. The summed E-state index contributed by atoms with van der Waals surface area (Å²) in [5.74, 6) is 0. The standard InChI is InChI=1S/C6H11Br3O/c1-2-3-4-5(7)6(8,9)10/h5,10H,2-4H2,1H3. The Kier molecular flexibility index (Phi) is 5.83. The summed E-state index contributed by atoms with van der Waals surface area (Å²) in [7, 11) is 0. The van der Waals surface area contributed by atoms with Crippen molar-refractivity contribution in [3.63, 3.8) is 0 Å². The second-order valence-electron chi connectivity index (χ2n) is 2.20. The van der Waals surface area contributed by atoms with Gasteiger partial charge >= 0.3 is 0 Å². The Bertz CT molecular complexity index is 89.5. The predicted octanol–water partition coefficient (Wildman–Crippen LogP) is 3.38. The van der Waals surface area contributed by atoms with E-state index in [0.29, 0.717) is 0 Å². The van der Waals surface area contributed by atoms with Crippen LogP contribution in [0.25, 0.3) is 0 Å². The Morgan fingerprint density at radius 1 is 1.50 bits per heavy atom. The first-order valence-corrected chi connectivity index (χ1v) is 5.73. The second kappa shape index (κ2) is 5.12. The predicted molar refractivity (Wildman–Crippen MR) is 55.0 cm³/mol. The monoisotopic (exact) mass is 336 g/mol. The Hall–Kier alpha value is 1.40. The molecule has 0 saturated heterocycles. The lowest BCUT2D eigenvalue weighted by Gasteiger charge is -2.19. The maximum absolute atomic E-state index is 9.30. The fourth-order valence-corrected chi connectivity index (χ4v) is 1.34. The van der Waals surface area contributed by atoms with Crippen molar-refractivity contribution in [3.05, 3.63) is 0 Å². The molecule has 0 aliphatic heterocycles. The van der Waals surface area contributed by atoms with E-state index in [-0.39, 0.29) is 4.83 Å². The minimum atomic E-state index is -0.949. The van der Waals surface area contributed by atoms with Gasteiger partial charge in [-0.05, 0) is 38.3 Å². The van der Waals surface area contributed by atoms with Gasteiger partial charge in [0, 0.05) is 0 Å². The topological polar surface area (TPSA) is 20.2 Å². The van der Waals surface area contributed by atoms with Crippen molar-refractivity contribution in [2.24, 2.45) is 0 Å². The van der Waals surface area contributed by atoms with Crippen LogP contribution in [0.15, 0.2) is 0 Å². The van der Waals surface area contributed by atoms with Gasteiger partial charge < -0.3 is 5.11 Å². The van der Waals surface area contributed by atoms with Crippen LogP contribution in [0.5, 0.6) is 0 Å². The number of rotatable bonds is 4. The zero-order valence-corrected chi connectivity index (χ0v) is 10.5. The largest absolute Gasteiger partial charge is 0.368 e. The summed E-state index contributed by atoms with van der Waals surface area (Å²) in [6.45, 7) is 2.13. The SMILES string of the molecule is CCCCC(Br)C(O)(Br)Br. The highest BCUT2D eigenvalue weighted by Crippen LogP contribution is 2.34. The molecule has 0 saturated carbocycles. The number of unbranched alkanes of at least 4 members (excludes halogenated alkanes) is 1. The summed E-state index contributed by atoms with van der Waals surface area (Å²) in [6.07, 6.45) is 3.23. The molecule has 0 radical (unpaired) electrons. The molecule has 1 nitrogen and oxygen atoms in total. The van der Waals surface area contributed by atoms with Crippen LogP contribution >= 0.6 is 47.8 Å². The van der Waals surface area contributed by atoms with E-state index >= 15 is 0 Å². The van der Waals surface area contributed by atoms with Crippen LogP contribution in [-0.2, 0) is 0 Å². The van der Waals surface area contributed by atoms with Gasteiger partial charge in [0.1, 0.15) is 0 Å². The van der Waals surface area contributed by atoms with Crippen LogP contribution in [0.4, 0.5) is 0 Å². The molecule has 0 aliphatic carbocycles. The third kappa shape index (κ3) is 5.10. The highest BCUT2D eigenvalue weighted by molar-refractivity contribution is 9.26. The van der Waals surface area contributed by atoms with Gasteiger partial charge in [0.05, 0.1) is 4.83 Å². The van der Waals surface area contributed by atoms with Crippen molar-refractivity contribution in [2.45, 2.75) is 34.4 Å². The summed E-state index contributed by atoms with van der Waals surface area (Å²) >= 11 is 9.55. The summed E-state index contributed by atoms with van der Waals surface area (Å²) in [6, 6.07) is 0. The molecule has 0 rings (SSSR count). The molecule has 4 heteroatoms. The number of aliphatic hydroxyl groups is 1. The lowest BCUT2D eigenvalue weighted by atomic mass is 10.2. The van der Waals surface area contributed by atoms with Crippen molar-refractivity contribution in [1.82, 2.24) is 0 Å². The maximum atomic E-state index is 9.30. The van der Waals surface area contributed by atoms with Gasteiger partial charge in [0.2, 0.25) is 0 Å². The molecule has 0 fully saturated rings. The fourth-order valence-electron chi connectivity index (χ4n) is 0.557. The summed E-state index contributed by atoms with van der Waals surface area (Å²) in [5.41, 5.74) is 0. The van der Waals surface area contributed by atoms with E-state index in [0.717, 1.165) is 19.3 Å². The molecule has 1 N–H and O–H groups in total. The minimum absolute atomic E-state index is 0.0694. The van der Waals surface area contributed by atoms with Crippen molar-refractivity contribution in [2.75, 3.05) is 0 Å². The fraction of sp³-hybridized carbons (Fsp3) is 1.00. The van der Waals surface area contributed by atoms with E-state index in [4.69, 9.17) is 0 Å². The Morgan fingerprint density at radius 2 is 2.00 bits per heavy atom. The molecule has 1 atom stereocenters. The second-order valence-corrected chi connectivity index (χ2v) is 6.78. The first-order valence-electron chi connectivity index (χ1n) is 3.22. The van der Waals surface area contributed by atoms with Crippen LogP contribution in [0.2, 0.25) is 0 Å². The van der Waals surface area contributed by atoms with E-state index in [2.05, 4.69) is 54.7 Å². The zero-order valence-electron chi connectivity index (χ0n) is 5.78. The van der Waals surface area contributed by atoms with E-state index in [1.54, 1.807) is 0 Å². The average molecular weight is 339 g/mol. The Morgan fingerprint density at radius 3 is 2.30 bits per heavy atom. The molecule has 0 aromatic carbocycles. The van der Waals surface area contributed by atoms with Gasteiger partial charge in [-0.2, -0.15) is 0 Å². The van der Waals surface area contributed by atoms with Crippen molar-refractivity contribution >= 4 is 47.8 Å². The molecule has 0 aromatic rings. The summed E-state index contributed by atoms with van der Waals surface area (Å²) < 4.78 is -0.949. The number of halogens is 3. The zero-order chi connectivity index (χ0) is 8.20. The molecule has 62 valence electrons. The van der Waals surface area contributed by atoms with Crippen molar-refractivity contribution in [3.8, 4) is 0 Å². The Balaban J connectivity index is 3.52. The minimum Gasteiger partial charge on any atom is -0.368 e. The summed E-state index contributed by atoms with van der Waals surface area (Å²) in [4.78, 5) is 0.0694. The van der Waals surface area contributed by atoms with Gasteiger partial charge in [-0.3, -0.25) is 0 Å². The maximum Gasteiger partial charge on any atom is 0.187 e. The Labute approximate surface area is 87.0 Å². The third-order valence-electron chi connectivity index (χ3n) is 1.19. The van der Waals surface area contributed by atoms with Crippen molar-refractivity contribution < 1.29 is 5.11 Å². The number of alkyl halides is 3. The normalized spacial score (nSPS) is 15.3. The molecule has 10 heavy (non-hydrogen) atoms. The molecule has 0 heterocycles. The van der Waals surface area contributed by atoms with Gasteiger partial charge in [0.15, 0.2) is 3.42 Å². The van der Waals surface area contributed by atoms with E-state index in [1.807, 2.05) is 0 Å². The van der Waals surface area contributed by atoms with E-state index < -0.39 is 3.42 Å². The van der Waals surface area contributed by atoms with Gasteiger partial charge in [-0.15, -0.1) is 0 Å². The number of hydrogen-bond donors (Lipinski definition) is 1. The van der Waals surface area contributed by atoms with E-state index in [1.165, 1.54) is 0 Å². The first kappa shape index (κ1) is 11.4. The van der Waals surface area contributed by atoms with Gasteiger partial charge in [-0.25, -0.2) is 0 Å². The van der Waals surface area contributed by atoms with E-state index in [9.17, 15) is 5.11 Å². The smallest absolute Gasteiger partial charge is 0.187 e. The van der Waals surface area contributed by atoms with Crippen LogP contribution in [0.3, 0.4) is 0 Å². The first-order chi connectivity index (χ1) is 4.48. The molecule has 0 bridgehead atoms. The molecule has 0 spiro atoms. The summed E-state index contributed by atoms with van der Waals surface area (Å²) in [5, 5.41) is 9.30. The molecular formula is C6H11Br3O. The van der Waals surface area contributed by atoms with Crippen LogP contribution in [0.1, 0.15) is 26.2 Å². The molecule has 0 amide bonds. The lowest BCUT2D eigenvalue weighted by Crippen LogP contribution is -2.23. The van der Waals surface area contributed by atoms with Gasteiger partial charge in [-0.1, -0.05) is 35.7 Å². The van der Waals surface area contributed by atoms with Crippen LogP contribution in [-0.4, -0.2) is 13.4 Å². The number of hydrogen-bond acceptors (Lipinski definition) is 1. The molecule has 0 aromatic heterocycles. The third-order valence-corrected chi connectivity index (χ3v) is 4.64. The highest BCUT2D eigenvalue weighted by Gasteiger charge is 2.27. The van der Waals surface area contributed by atoms with Crippen LogP contribution in [0, 0.1) is 0 Å². The molecule has 1 unspecified atom stereocenters. The quantitative estimate of drug-likeness (QED) is 0.779. The lowest BCUT2D eigenvalue weighted by molar-refractivity contribution is 0.238. The van der Waals surface area contributed by atoms with Crippen molar-refractivity contribution in [1.29, 1.82) is 0 Å². The van der Waals surface area contributed by atoms with Gasteiger partial charge in [0.25, 0.3) is 0 Å². The molecule has 0 aliphatic rings. The average Bonchev–Trinajstić information content (AvgIpc) is 1.80. The molecular weight excluding hydrogens is 328 g/mol. The van der Waals surface area contributed by atoms with Crippen LogP contribution < -0.4 is 0 Å².